The lowest BCUT2D eigenvalue weighted by Crippen LogP contribution is -2.18. The van der Waals surface area contributed by atoms with Gasteiger partial charge in [-0.25, -0.2) is 0 Å². The van der Waals surface area contributed by atoms with Gasteiger partial charge in [0.2, 0.25) is 0 Å². The number of carboxylic acids is 1. The van der Waals surface area contributed by atoms with E-state index < -0.39 is 5.97 Å². The van der Waals surface area contributed by atoms with E-state index in [1.807, 2.05) is 54.9 Å². The van der Waals surface area contributed by atoms with Crippen LogP contribution in [-0.4, -0.2) is 26.5 Å². The molecule has 1 unspecified atom stereocenters. The van der Waals surface area contributed by atoms with Gasteiger partial charge in [0.1, 0.15) is 0 Å². The number of rotatable bonds is 7. The largest absolute Gasteiger partial charge is 0.481 e. The van der Waals surface area contributed by atoms with E-state index in [0.717, 1.165) is 49.0 Å². The Morgan fingerprint density at radius 2 is 1.75 bits per heavy atom. The van der Waals surface area contributed by atoms with Gasteiger partial charge in [-0.1, -0.05) is 54.6 Å². The van der Waals surface area contributed by atoms with Crippen LogP contribution in [0.25, 0.3) is 21.8 Å². The van der Waals surface area contributed by atoms with Crippen LogP contribution in [0.4, 0.5) is 0 Å². The molecule has 182 valence electrons. The molecular weight excluding hydrogens is 468 g/mol. The van der Waals surface area contributed by atoms with Crippen LogP contribution in [0.2, 0.25) is 0 Å². The van der Waals surface area contributed by atoms with Crippen LogP contribution in [0.15, 0.2) is 88.7 Å². The number of carbonyl (C=O) groups is 1. The molecule has 0 saturated heterocycles. The molecule has 5 nitrogen and oxygen atoms in total. The fraction of sp³-hybridized carbons (Fsp3) is 0.200. The second-order valence-electron chi connectivity index (χ2n) is 9.18. The number of fused-ring (bicyclic) bond motifs is 3. The Kier molecular flexibility index (Phi) is 6.46. The first-order valence-electron chi connectivity index (χ1n) is 11.9. The van der Waals surface area contributed by atoms with Crippen molar-refractivity contribution in [1.29, 1.82) is 0 Å². The summed E-state index contributed by atoms with van der Waals surface area (Å²) in [6.07, 6.45) is 4.42. The van der Waals surface area contributed by atoms with E-state index in [9.17, 15) is 14.7 Å². The molecule has 2 heterocycles. The number of hydrogen-bond acceptors (Lipinski definition) is 3. The lowest BCUT2D eigenvalue weighted by molar-refractivity contribution is -0.136. The van der Waals surface area contributed by atoms with E-state index in [1.165, 1.54) is 0 Å². The molecule has 36 heavy (non-hydrogen) atoms. The summed E-state index contributed by atoms with van der Waals surface area (Å²) >= 11 is 1.59. The Bertz CT molecular complexity index is 1650. The Labute approximate surface area is 214 Å². The number of para-hydroxylation sites is 1. The molecule has 6 heteroatoms. The summed E-state index contributed by atoms with van der Waals surface area (Å²) in [5.74, 6) is -0.841. The highest BCUT2D eigenvalue weighted by Gasteiger charge is 2.25. The van der Waals surface area contributed by atoms with Crippen molar-refractivity contribution in [2.24, 2.45) is 7.05 Å². The number of aromatic nitrogens is 2. The maximum Gasteiger partial charge on any atom is 0.307 e. The molecule has 0 aliphatic carbocycles. The van der Waals surface area contributed by atoms with E-state index in [-0.39, 0.29) is 18.0 Å². The summed E-state index contributed by atoms with van der Waals surface area (Å²) in [5, 5.41) is 11.9. The Balaban J connectivity index is 1.87. The third-order valence-corrected chi connectivity index (χ3v) is 7.71. The van der Waals surface area contributed by atoms with Crippen molar-refractivity contribution in [2.75, 3.05) is 6.26 Å². The van der Waals surface area contributed by atoms with Gasteiger partial charge in [0, 0.05) is 40.5 Å². The first-order valence-corrected chi connectivity index (χ1v) is 13.1. The summed E-state index contributed by atoms with van der Waals surface area (Å²) in [7, 11) is 1.76. The Morgan fingerprint density at radius 3 is 2.44 bits per heavy atom. The van der Waals surface area contributed by atoms with Crippen molar-refractivity contribution in [3.8, 4) is 0 Å². The van der Waals surface area contributed by atoms with Crippen molar-refractivity contribution in [2.45, 2.75) is 30.7 Å². The molecule has 0 aliphatic heterocycles. The summed E-state index contributed by atoms with van der Waals surface area (Å²) in [5.41, 5.74) is 6.09. The monoisotopic (exact) mass is 496 g/mol. The smallest absolute Gasteiger partial charge is 0.307 e. The van der Waals surface area contributed by atoms with Gasteiger partial charge in [0.15, 0.2) is 0 Å². The fourth-order valence-corrected chi connectivity index (χ4v) is 6.04. The predicted molar refractivity (Wildman–Crippen MR) is 147 cm³/mol. The van der Waals surface area contributed by atoms with Gasteiger partial charge in [-0.3, -0.25) is 9.59 Å². The van der Waals surface area contributed by atoms with Gasteiger partial charge < -0.3 is 14.2 Å². The predicted octanol–water partition coefficient (Wildman–Crippen LogP) is 5.98. The average Bonchev–Trinajstić information content (AvgIpc) is 3.20. The molecule has 0 fully saturated rings. The van der Waals surface area contributed by atoms with Gasteiger partial charge >= 0.3 is 5.97 Å². The SMILES string of the molecule is CSc1c(CC(=O)O)cc(C)c2c3ccccc3n(C(Cc3ccn(C)c(=O)c3)c3ccccc3)c12. The molecule has 0 aliphatic rings. The van der Waals surface area contributed by atoms with Crippen molar-refractivity contribution in [1.82, 2.24) is 9.13 Å². The molecule has 0 radical (unpaired) electrons. The Morgan fingerprint density at radius 1 is 1.03 bits per heavy atom. The number of pyridine rings is 1. The minimum atomic E-state index is -0.841. The first kappa shape index (κ1) is 23.9. The van der Waals surface area contributed by atoms with Gasteiger partial charge in [-0.2, -0.15) is 0 Å². The summed E-state index contributed by atoms with van der Waals surface area (Å²) in [6, 6.07) is 24.3. The molecular formula is C30H28N2O3S. The minimum Gasteiger partial charge on any atom is -0.481 e. The quantitative estimate of drug-likeness (QED) is 0.282. The van der Waals surface area contributed by atoms with Crippen molar-refractivity contribution >= 4 is 39.5 Å². The maximum atomic E-state index is 12.5. The van der Waals surface area contributed by atoms with Crippen LogP contribution in [0.5, 0.6) is 0 Å². The van der Waals surface area contributed by atoms with Crippen molar-refractivity contribution < 1.29 is 9.90 Å². The molecule has 0 spiro atoms. The van der Waals surface area contributed by atoms with E-state index >= 15 is 0 Å². The second-order valence-corrected chi connectivity index (χ2v) is 10.00. The van der Waals surface area contributed by atoms with E-state index in [1.54, 1.807) is 29.4 Å². The summed E-state index contributed by atoms with van der Waals surface area (Å²) in [4.78, 5) is 25.2. The van der Waals surface area contributed by atoms with Gasteiger partial charge in [0.25, 0.3) is 5.56 Å². The third kappa shape index (κ3) is 4.22. The van der Waals surface area contributed by atoms with Crippen LogP contribution in [0, 0.1) is 6.92 Å². The zero-order valence-electron chi connectivity index (χ0n) is 20.6. The van der Waals surface area contributed by atoms with Crippen molar-refractivity contribution in [3.05, 3.63) is 112 Å². The molecule has 5 rings (SSSR count). The molecule has 2 aromatic heterocycles. The molecule has 0 amide bonds. The minimum absolute atomic E-state index is 0.0286. The zero-order valence-corrected chi connectivity index (χ0v) is 21.4. The third-order valence-electron chi connectivity index (χ3n) is 6.84. The zero-order chi connectivity index (χ0) is 25.4. The standard InChI is InChI=1S/C30H28N2O3S/c1-19-15-22(18-27(34)35)30(36-3)29-28(19)23-11-7-8-12-24(23)32(29)25(21-9-5-4-6-10-21)16-20-13-14-31(2)26(33)17-20/h4-15,17,25H,16,18H2,1-3H3,(H,34,35). The van der Waals surface area contributed by atoms with Crippen LogP contribution < -0.4 is 5.56 Å². The number of thioether (sulfide) groups is 1. The van der Waals surface area contributed by atoms with Crippen LogP contribution >= 0.6 is 11.8 Å². The molecule has 1 N–H and O–H groups in total. The number of nitrogens with zero attached hydrogens (tertiary/aromatic N) is 2. The molecule has 1 atom stereocenters. The number of aryl methyl sites for hydroxylation is 2. The normalized spacial score (nSPS) is 12.3. The summed E-state index contributed by atoms with van der Waals surface area (Å²) in [6.45, 7) is 2.06. The topological polar surface area (TPSA) is 64.2 Å². The Hall–Kier alpha value is -3.77. The molecule has 0 saturated carbocycles. The first-order chi connectivity index (χ1) is 17.4. The highest BCUT2D eigenvalue weighted by atomic mass is 32.2. The van der Waals surface area contributed by atoms with Gasteiger partial charge in [0.05, 0.1) is 18.0 Å². The van der Waals surface area contributed by atoms with Crippen LogP contribution in [0.3, 0.4) is 0 Å². The van der Waals surface area contributed by atoms with Gasteiger partial charge in [-0.15, -0.1) is 11.8 Å². The number of benzene rings is 3. The highest BCUT2D eigenvalue weighted by Crippen LogP contribution is 2.42. The molecule has 0 bridgehead atoms. The van der Waals surface area contributed by atoms with E-state index in [2.05, 4.69) is 35.8 Å². The highest BCUT2D eigenvalue weighted by molar-refractivity contribution is 7.98. The lowest BCUT2D eigenvalue weighted by Gasteiger charge is -2.24. The lowest BCUT2D eigenvalue weighted by atomic mass is 9.98. The van der Waals surface area contributed by atoms with E-state index in [4.69, 9.17) is 0 Å². The van der Waals surface area contributed by atoms with Crippen molar-refractivity contribution in [3.63, 3.8) is 0 Å². The average molecular weight is 497 g/mol. The van der Waals surface area contributed by atoms with Gasteiger partial charge in [-0.05, 0) is 54.0 Å². The maximum absolute atomic E-state index is 12.5. The molecule has 5 aromatic rings. The number of aliphatic carboxylic acids is 1. The molecule has 3 aromatic carbocycles. The van der Waals surface area contributed by atoms with Crippen LogP contribution in [-0.2, 0) is 24.7 Å². The second kappa shape index (κ2) is 9.70. The number of hydrogen-bond donors (Lipinski definition) is 1. The fourth-order valence-electron chi connectivity index (χ4n) is 5.26. The summed E-state index contributed by atoms with van der Waals surface area (Å²) < 4.78 is 3.94. The van der Waals surface area contributed by atoms with Crippen LogP contribution in [0.1, 0.15) is 28.3 Å². The van der Waals surface area contributed by atoms with E-state index in [0.29, 0.717) is 6.42 Å². The number of carboxylic acid groups (broad SMARTS) is 1.